The van der Waals surface area contributed by atoms with E-state index in [-0.39, 0.29) is 23.6 Å². The minimum absolute atomic E-state index is 0.00798. The molecule has 0 aromatic carbocycles. The second kappa shape index (κ2) is 7.62. The van der Waals surface area contributed by atoms with Gasteiger partial charge in [-0.1, -0.05) is 20.8 Å². The van der Waals surface area contributed by atoms with Gasteiger partial charge in [-0.3, -0.25) is 19.9 Å². The fourth-order valence-corrected chi connectivity index (χ4v) is 5.07. The maximum absolute atomic E-state index is 13.0. The first-order valence-corrected chi connectivity index (χ1v) is 13.0. The topological polar surface area (TPSA) is 102 Å². The average Bonchev–Trinajstić information content (AvgIpc) is 2.77. The van der Waals surface area contributed by atoms with Crippen LogP contribution < -0.4 is 0 Å². The zero-order valence-electron chi connectivity index (χ0n) is 19.0. The van der Waals surface area contributed by atoms with Crippen molar-refractivity contribution >= 4 is 20.2 Å². The van der Waals surface area contributed by atoms with Crippen LogP contribution in [0.5, 0.6) is 0 Å². The number of fused-ring (bicyclic) bond motifs is 1. The van der Waals surface area contributed by atoms with Crippen LogP contribution in [0.1, 0.15) is 48.5 Å². The summed E-state index contributed by atoms with van der Waals surface area (Å²) in [7, 11) is -2.10. The molecule has 0 aromatic heterocycles. The molecule has 0 bridgehead atoms. The number of hydrogen-bond donors (Lipinski definition) is 0. The minimum Gasteiger partial charge on any atom is -0.458 e. The van der Waals surface area contributed by atoms with E-state index in [2.05, 4.69) is 33.9 Å². The molecule has 2 aliphatic rings. The Bertz CT molecular complexity index is 684. The minimum atomic E-state index is -2.10. The quantitative estimate of drug-likeness (QED) is 0.276. The summed E-state index contributed by atoms with van der Waals surface area (Å²) in [5.74, 6) is -1.46. The van der Waals surface area contributed by atoms with Crippen molar-refractivity contribution in [3.8, 4) is 0 Å². The predicted molar refractivity (Wildman–Crippen MR) is 110 cm³/mol. The molecular weight excluding hydrogens is 394 g/mol. The summed E-state index contributed by atoms with van der Waals surface area (Å²) in [5.41, 5.74) is -0.740. The summed E-state index contributed by atoms with van der Waals surface area (Å²) in [4.78, 5) is 36.4. The van der Waals surface area contributed by atoms with Gasteiger partial charge in [0.2, 0.25) is 6.54 Å². The van der Waals surface area contributed by atoms with Gasteiger partial charge in [-0.2, -0.15) is 0 Å². The highest BCUT2D eigenvalue weighted by Crippen LogP contribution is 2.42. The second-order valence-corrected chi connectivity index (χ2v) is 15.3. The molecule has 4 atom stereocenters. The van der Waals surface area contributed by atoms with Crippen molar-refractivity contribution < 1.29 is 23.7 Å². The first-order chi connectivity index (χ1) is 13.0. The number of hydrogen-bond acceptors (Lipinski definition) is 7. The van der Waals surface area contributed by atoms with Crippen LogP contribution in [-0.2, 0) is 18.8 Å². The summed E-state index contributed by atoms with van der Waals surface area (Å²) < 4.78 is 11.8. The number of ether oxygens (including phenoxy) is 1. The highest BCUT2D eigenvalue weighted by molar-refractivity contribution is 6.74. The summed E-state index contributed by atoms with van der Waals surface area (Å²) in [5, 5.41) is 14.2. The largest absolute Gasteiger partial charge is 0.458 e. The number of nitrogens with zero attached hydrogens (tertiary/aromatic N) is 3. The van der Waals surface area contributed by atoms with E-state index in [9.17, 15) is 19.7 Å². The molecule has 0 saturated carbocycles. The Labute approximate surface area is 173 Å². The molecule has 2 saturated heterocycles. The third-order valence-corrected chi connectivity index (χ3v) is 10.5. The van der Waals surface area contributed by atoms with E-state index in [1.807, 2.05) is 6.92 Å². The lowest BCUT2D eigenvalue weighted by atomic mass is 10.0. The van der Waals surface area contributed by atoms with Crippen LogP contribution in [0, 0.1) is 16.0 Å². The van der Waals surface area contributed by atoms with E-state index in [1.54, 1.807) is 25.8 Å². The average molecular weight is 430 g/mol. The second-order valence-electron chi connectivity index (χ2n) is 10.6. The molecule has 166 valence electrons. The lowest BCUT2D eigenvalue weighted by Crippen LogP contribution is -2.72. The fourth-order valence-electron chi connectivity index (χ4n) is 3.66. The highest BCUT2D eigenvalue weighted by Gasteiger charge is 2.62. The van der Waals surface area contributed by atoms with E-state index < -0.39 is 49.4 Å². The molecule has 1 amide bonds. The van der Waals surface area contributed by atoms with Gasteiger partial charge < -0.3 is 9.16 Å². The van der Waals surface area contributed by atoms with Gasteiger partial charge in [-0.05, 0) is 45.8 Å². The van der Waals surface area contributed by atoms with E-state index in [4.69, 9.17) is 9.16 Å². The summed E-state index contributed by atoms with van der Waals surface area (Å²) in [6.45, 7) is 17.5. The molecule has 0 aliphatic carbocycles. The molecule has 2 heterocycles. The number of hydrazine groups is 1. The third kappa shape index (κ3) is 4.80. The molecular formula is C19H35N3O6Si. The molecule has 29 heavy (non-hydrogen) atoms. The van der Waals surface area contributed by atoms with E-state index in [0.717, 1.165) is 0 Å². The van der Waals surface area contributed by atoms with Gasteiger partial charge in [0.25, 0.3) is 5.91 Å². The Morgan fingerprint density at radius 3 is 2.28 bits per heavy atom. The highest BCUT2D eigenvalue weighted by atomic mass is 28.4. The molecule has 2 rings (SSSR count). The molecule has 0 spiro atoms. The number of amides is 1. The van der Waals surface area contributed by atoms with Crippen LogP contribution in [0.4, 0.5) is 0 Å². The van der Waals surface area contributed by atoms with Crippen molar-refractivity contribution in [2.45, 2.75) is 90.4 Å². The van der Waals surface area contributed by atoms with E-state index >= 15 is 0 Å². The van der Waals surface area contributed by atoms with Crippen LogP contribution in [0.15, 0.2) is 0 Å². The van der Waals surface area contributed by atoms with Gasteiger partial charge in [0.1, 0.15) is 11.6 Å². The lowest BCUT2D eigenvalue weighted by Gasteiger charge is -2.51. The standard InChI is InChI=1S/C19H35N3O6Si/c1-12(28-29(8,9)19(5,6)7)14-16(23)22-15(17(24)27-18(2,3)4)13(10-20(14)22)11-21(25)26/h12-15H,10-11H2,1-9H3/t12-,13+,14+,15+/m1/s1. The summed E-state index contributed by atoms with van der Waals surface area (Å²) in [6.07, 6.45) is -0.367. The molecule has 0 unspecified atom stereocenters. The fraction of sp³-hybridized carbons (Fsp3) is 0.895. The van der Waals surface area contributed by atoms with Gasteiger partial charge >= 0.3 is 5.97 Å². The van der Waals surface area contributed by atoms with Crippen LogP contribution in [-0.4, -0.2) is 72.0 Å². The maximum atomic E-state index is 13.0. The zero-order valence-corrected chi connectivity index (χ0v) is 20.0. The van der Waals surface area contributed by atoms with Gasteiger partial charge in [-0.25, -0.2) is 9.80 Å². The number of esters is 1. The third-order valence-electron chi connectivity index (χ3n) is 5.97. The normalized spacial score (nSPS) is 26.7. The molecule has 0 N–H and O–H groups in total. The molecule has 2 aliphatic heterocycles. The Morgan fingerprint density at radius 1 is 1.28 bits per heavy atom. The van der Waals surface area contributed by atoms with Crippen LogP contribution >= 0.6 is 0 Å². The Kier molecular flexibility index (Phi) is 6.24. The summed E-state index contributed by atoms with van der Waals surface area (Å²) in [6, 6.07) is -1.51. The Morgan fingerprint density at radius 2 is 1.83 bits per heavy atom. The van der Waals surface area contributed by atoms with Crippen LogP contribution in [0.25, 0.3) is 0 Å². The molecule has 0 aromatic rings. The van der Waals surface area contributed by atoms with E-state index in [0.29, 0.717) is 0 Å². The smallest absolute Gasteiger partial charge is 0.331 e. The lowest BCUT2D eigenvalue weighted by molar-refractivity contribution is -0.487. The number of rotatable bonds is 6. The van der Waals surface area contributed by atoms with Crippen molar-refractivity contribution in [2.75, 3.05) is 13.1 Å². The van der Waals surface area contributed by atoms with Crippen LogP contribution in [0.3, 0.4) is 0 Å². The van der Waals surface area contributed by atoms with Gasteiger partial charge in [0.05, 0.1) is 12.0 Å². The van der Waals surface area contributed by atoms with Crippen molar-refractivity contribution in [3.05, 3.63) is 10.1 Å². The van der Waals surface area contributed by atoms with Crippen LogP contribution in [0.2, 0.25) is 18.1 Å². The van der Waals surface area contributed by atoms with Crippen molar-refractivity contribution in [3.63, 3.8) is 0 Å². The molecule has 2 fully saturated rings. The SMILES string of the molecule is C[C@@H](O[Si](C)(C)C(C)(C)C)[C@H]1C(=O)N2[C@H](C(=O)OC(C)(C)C)[C@H](C[N+](=O)[O-])CN12. The Balaban J connectivity index is 2.21. The maximum Gasteiger partial charge on any atom is 0.331 e. The molecule has 9 nitrogen and oxygen atoms in total. The number of carbonyl (C=O) groups excluding carboxylic acids is 2. The van der Waals surface area contributed by atoms with Gasteiger partial charge in [0, 0.05) is 11.5 Å². The first-order valence-electron chi connectivity index (χ1n) is 10.1. The zero-order chi connectivity index (χ0) is 22.5. The summed E-state index contributed by atoms with van der Waals surface area (Å²) >= 11 is 0. The van der Waals surface area contributed by atoms with Crippen molar-refractivity contribution in [2.24, 2.45) is 5.92 Å². The predicted octanol–water partition coefficient (Wildman–Crippen LogP) is 2.44. The number of carbonyl (C=O) groups is 2. The van der Waals surface area contributed by atoms with Crippen molar-refractivity contribution in [1.82, 2.24) is 10.0 Å². The first kappa shape index (κ1) is 23.8. The monoisotopic (exact) mass is 429 g/mol. The van der Waals surface area contributed by atoms with Crippen molar-refractivity contribution in [1.29, 1.82) is 0 Å². The number of nitro groups is 1. The Hall–Kier alpha value is -1.52. The van der Waals surface area contributed by atoms with Gasteiger partial charge in [-0.15, -0.1) is 0 Å². The van der Waals surface area contributed by atoms with Gasteiger partial charge in [0.15, 0.2) is 14.4 Å². The van der Waals surface area contributed by atoms with E-state index in [1.165, 1.54) is 5.01 Å². The molecule has 0 radical (unpaired) electrons. The molecule has 10 heteroatoms.